The zero-order valence-corrected chi connectivity index (χ0v) is 13.6. The number of carbonyl (C=O) groups excluding carboxylic acids is 2. The number of unbranched alkanes of at least 4 members (excludes halogenated alkanes) is 2. The first-order valence-electron chi connectivity index (χ1n) is 7.15. The second-order valence-corrected chi connectivity index (χ2v) is 6.15. The Hall–Kier alpha value is -1.50. The molecule has 0 aromatic carbocycles. The average molecular weight is 313 g/mol. The third-order valence-corrected chi connectivity index (χ3v) is 3.96. The van der Waals surface area contributed by atoms with Gasteiger partial charge in [0.15, 0.2) is 5.82 Å². The van der Waals surface area contributed by atoms with Crippen molar-refractivity contribution in [2.24, 2.45) is 0 Å². The molecule has 1 aromatic rings. The first-order valence-corrected chi connectivity index (χ1v) is 8.20. The third-order valence-electron chi connectivity index (χ3n) is 2.82. The minimum atomic E-state index is -0.330. The van der Waals surface area contributed by atoms with Gasteiger partial charge in [-0.05, 0) is 20.3 Å². The molecule has 7 heteroatoms. The smallest absolute Gasteiger partial charge is 0.238 e. The molecule has 118 valence electrons. The van der Waals surface area contributed by atoms with Gasteiger partial charge in [-0.2, -0.15) is 0 Å². The largest absolute Gasteiger partial charge is 0.360 e. The standard InChI is InChI=1S/C14H23N3O3S/c1-4-5-6-7-15-13(18)9-21-11(3)14(19)16-12-8-10(2)20-17-12/h8,11H,4-7,9H2,1-3H3,(H,15,18)(H,16,17,19). The zero-order chi connectivity index (χ0) is 15.7. The van der Waals surface area contributed by atoms with Crippen LogP contribution in [0.4, 0.5) is 5.82 Å². The van der Waals surface area contributed by atoms with E-state index in [2.05, 4.69) is 22.7 Å². The van der Waals surface area contributed by atoms with Crippen LogP contribution < -0.4 is 10.6 Å². The summed E-state index contributed by atoms with van der Waals surface area (Å²) in [4.78, 5) is 23.5. The fourth-order valence-corrected chi connectivity index (χ4v) is 2.30. The number of amides is 2. The van der Waals surface area contributed by atoms with E-state index in [1.807, 2.05) is 0 Å². The predicted octanol–water partition coefficient (Wildman–Crippen LogP) is 2.35. The van der Waals surface area contributed by atoms with Gasteiger partial charge in [0, 0.05) is 12.6 Å². The Kier molecular flexibility index (Phi) is 7.89. The van der Waals surface area contributed by atoms with Crippen molar-refractivity contribution in [2.45, 2.75) is 45.3 Å². The van der Waals surface area contributed by atoms with Crippen molar-refractivity contribution in [3.05, 3.63) is 11.8 Å². The van der Waals surface area contributed by atoms with Crippen LogP contribution in [0.2, 0.25) is 0 Å². The maximum Gasteiger partial charge on any atom is 0.238 e. The van der Waals surface area contributed by atoms with Gasteiger partial charge < -0.3 is 15.2 Å². The fraction of sp³-hybridized carbons (Fsp3) is 0.643. The molecule has 2 N–H and O–H groups in total. The van der Waals surface area contributed by atoms with Crippen LogP contribution in [0, 0.1) is 6.92 Å². The van der Waals surface area contributed by atoms with Crippen molar-refractivity contribution in [3.63, 3.8) is 0 Å². The zero-order valence-electron chi connectivity index (χ0n) is 12.8. The van der Waals surface area contributed by atoms with E-state index < -0.39 is 0 Å². The summed E-state index contributed by atoms with van der Waals surface area (Å²) >= 11 is 1.30. The molecule has 0 aliphatic rings. The Morgan fingerprint density at radius 1 is 1.43 bits per heavy atom. The lowest BCUT2D eigenvalue weighted by Crippen LogP contribution is -2.29. The van der Waals surface area contributed by atoms with Gasteiger partial charge in [0.25, 0.3) is 0 Å². The highest BCUT2D eigenvalue weighted by Gasteiger charge is 2.16. The second kappa shape index (κ2) is 9.44. The molecule has 21 heavy (non-hydrogen) atoms. The molecule has 0 aliphatic carbocycles. The van der Waals surface area contributed by atoms with Crippen molar-refractivity contribution >= 4 is 29.4 Å². The first kappa shape index (κ1) is 17.6. The molecule has 2 amide bonds. The number of rotatable bonds is 9. The molecule has 1 unspecified atom stereocenters. The molecule has 1 aromatic heterocycles. The van der Waals surface area contributed by atoms with Gasteiger partial charge >= 0.3 is 0 Å². The summed E-state index contributed by atoms with van der Waals surface area (Å²) in [7, 11) is 0. The maximum atomic E-state index is 11.9. The summed E-state index contributed by atoms with van der Waals surface area (Å²) in [6.45, 7) is 6.33. The van der Waals surface area contributed by atoms with E-state index in [9.17, 15) is 9.59 Å². The average Bonchev–Trinajstić information content (AvgIpc) is 2.86. The monoisotopic (exact) mass is 313 g/mol. The van der Waals surface area contributed by atoms with E-state index in [1.54, 1.807) is 19.9 Å². The van der Waals surface area contributed by atoms with Gasteiger partial charge in [0.05, 0.1) is 11.0 Å². The molecular formula is C14H23N3O3S. The lowest BCUT2D eigenvalue weighted by atomic mass is 10.2. The van der Waals surface area contributed by atoms with E-state index >= 15 is 0 Å². The normalized spacial score (nSPS) is 12.0. The molecule has 1 heterocycles. The Labute approximate surface area is 129 Å². The number of hydrogen-bond donors (Lipinski definition) is 2. The molecule has 0 fully saturated rings. The highest BCUT2D eigenvalue weighted by atomic mass is 32.2. The first-order chi connectivity index (χ1) is 10.0. The van der Waals surface area contributed by atoms with Crippen LogP contribution in [-0.2, 0) is 9.59 Å². The fourth-order valence-electron chi connectivity index (χ4n) is 1.58. The lowest BCUT2D eigenvalue weighted by Gasteiger charge is -2.10. The number of nitrogens with one attached hydrogen (secondary N) is 2. The highest BCUT2D eigenvalue weighted by Crippen LogP contribution is 2.14. The van der Waals surface area contributed by atoms with E-state index in [-0.39, 0.29) is 22.8 Å². The van der Waals surface area contributed by atoms with Gasteiger partial charge in [-0.1, -0.05) is 24.9 Å². The van der Waals surface area contributed by atoms with Crippen molar-refractivity contribution in [1.82, 2.24) is 10.5 Å². The molecule has 0 radical (unpaired) electrons. The second-order valence-electron chi connectivity index (χ2n) is 4.82. The SMILES string of the molecule is CCCCCNC(=O)CSC(C)C(=O)Nc1cc(C)on1. The minimum Gasteiger partial charge on any atom is -0.360 e. The number of aryl methyl sites for hydroxylation is 1. The molecule has 1 rings (SSSR count). The molecule has 0 saturated carbocycles. The van der Waals surface area contributed by atoms with Crippen LogP contribution in [0.25, 0.3) is 0 Å². The molecule has 0 bridgehead atoms. The number of carbonyl (C=O) groups is 2. The van der Waals surface area contributed by atoms with Crippen molar-refractivity contribution in [3.8, 4) is 0 Å². The summed E-state index contributed by atoms with van der Waals surface area (Å²) < 4.78 is 4.87. The third kappa shape index (κ3) is 7.17. The van der Waals surface area contributed by atoms with Crippen molar-refractivity contribution < 1.29 is 14.1 Å². The van der Waals surface area contributed by atoms with Gasteiger partial charge in [-0.25, -0.2) is 0 Å². The number of aromatic nitrogens is 1. The molecular weight excluding hydrogens is 290 g/mol. The number of thioether (sulfide) groups is 1. The summed E-state index contributed by atoms with van der Waals surface area (Å²) in [5.74, 6) is 1.09. The highest BCUT2D eigenvalue weighted by molar-refractivity contribution is 8.01. The molecule has 6 nitrogen and oxygen atoms in total. The van der Waals surface area contributed by atoms with Crippen molar-refractivity contribution in [1.29, 1.82) is 0 Å². The number of hydrogen-bond acceptors (Lipinski definition) is 5. The topological polar surface area (TPSA) is 84.2 Å². The van der Waals surface area contributed by atoms with Crippen LogP contribution in [0.3, 0.4) is 0 Å². The predicted molar refractivity (Wildman–Crippen MR) is 84.3 cm³/mol. The Morgan fingerprint density at radius 2 is 2.19 bits per heavy atom. The van der Waals surface area contributed by atoms with Crippen LogP contribution in [0.15, 0.2) is 10.6 Å². The summed E-state index contributed by atoms with van der Waals surface area (Å²) in [6, 6.07) is 1.65. The van der Waals surface area contributed by atoms with Gasteiger partial charge in [0.1, 0.15) is 5.76 Å². The molecule has 0 spiro atoms. The number of nitrogens with zero attached hydrogens (tertiary/aromatic N) is 1. The van der Waals surface area contributed by atoms with Gasteiger partial charge in [0.2, 0.25) is 11.8 Å². The quantitative estimate of drug-likeness (QED) is 0.684. The summed E-state index contributed by atoms with van der Waals surface area (Å²) in [6.07, 6.45) is 3.24. The van der Waals surface area contributed by atoms with E-state index in [4.69, 9.17) is 4.52 Å². The Bertz CT molecular complexity index is 462. The van der Waals surface area contributed by atoms with E-state index in [0.717, 1.165) is 19.3 Å². The van der Waals surface area contributed by atoms with Gasteiger partial charge in [-0.3, -0.25) is 9.59 Å². The minimum absolute atomic E-state index is 0.0342. The van der Waals surface area contributed by atoms with Crippen LogP contribution in [0.5, 0.6) is 0 Å². The van der Waals surface area contributed by atoms with E-state index in [0.29, 0.717) is 18.1 Å². The summed E-state index contributed by atoms with van der Waals surface area (Å²) in [5, 5.41) is 8.86. The summed E-state index contributed by atoms with van der Waals surface area (Å²) in [5.41, 5.74) is 0. The number of anilines is 1. The maximum absolute atomic E-state index is 11.9. The van der Waals surface area contributed by atoms with E-state index in [1.165, 1.54) is 11.8 Å². The molecule has 0 saturated heterocycles. The lowest BCUT2D eigenvalue weighted by molar-refractivity contribution is -0.118. The molecule has 0 aliphatic heterocycles. The Morgan fingerprint density at radius 3 is 2.81 bits per heavy atom. The van der Waals surface area contributed by atoms with Crippen LogP contribution in [-0.4, -0.2) is 34.5 Å². The van der Waals surface area contributed by atoms with Crippen LogP contribution >= 0.6 is 11.8 Å². The Balaban J connectivity index is 2.21. The molecule has 1 atom stereocenters. The van der Waals surface area contributed by atoms with Crippen molar-refractivity contribution in [2.75, 3.05) is 17.6 Å². The van der Waals surface area contributed by atoms with Gasteiger partial charge in [-0.15, -0.1) is 11.8 Å². The van der Waals surface area contributed by atoms with Crippen LogP contribution in [0.1, 0.15) is 38.9 Å².